The zero-order valence-corrected chi connectivity index (χ0v) is 9.05. The van der Waals surface area contributed by atoms with Gasteiger partial charge in [-0.3, -0.25) is 0 Å². The van der Waals surface area contributed by atoms with E-state index in [9.17, 15) is 5.11 Å². The number of aryl methyl sites for hydroxylation is 1. The topological polar surface area (TPSA) is 32.3 Å². The van der Waals surface area contributed by atoms with E-state index in [1.54, 1.807) is 12.1 Å². The van der Waals surface area contributed by atoms with Crippen LogP contribution in [0.3, 0.4) is 0 Å². The molecule has 0 saturated heterocycles. The third kappa shape index (κ3) is 2.73. The summed E-state index contributed by atoms with van der Waals surface area (Å²) in [5.74, 6) is 0.355. The van der Waals surface area contributed by atoms with Crippen LogP contribution in [0.2, 0.25) is 0 Å². The molecule has 0 spiro atoms. The number of ether oxygens (including phenoxy) is 1. The van der Waals surface area contributed by atoms with Crippen molar-refractivity contribution in [3.05, 3.63) is 23.8 Å². The fourth-order valence-corrected chi connectivity index (χ4v) is 0.784. The summed E-state index contributed by atoms with van der Waals surface area (Å²) in [4.78, 5) is 0. The number of methoxy groups -OCH3 is 1. The van der Waals surface area contributed by atoms with Gasteiger partial charge in [0.2, 0.25) is 0 Å². The summed E-state index contributed by atoms with van der Waals surface area (Å²) in [6, 6.07) is 5.08. The van der Waals surface area contributed by atoms with Crippen LogP contribution < -0.4 is 39.4 Å². The number of hydrogen-bond donors (Lipinski definition) is 0. The summed E-state index contributed by atoms with van der Waals surface area (Å²) in [6.07, 6.45) is 0. The van der Waals surface area contributed by atoms with Crippen molar-refractivity contribution in [3.63, 3.8) is 0 Å². The van der Waals surface area contributed by atoms with Crippen molar-refractivity contribution in [3.8, 4) is 11.5 Å². The van der Waals surface area contributed by atoms with E-state index in [1.165, 1.54) is 7.11 Å². The van der Waals surface area contributed by atoms with Crippen molar-refractivity contribution < 1.29 is 39.4 Å². The number of rotatable bonds is 1. The molecule has 1 rings (SSSR count). The molecule has 0 aliphatic carbocycles. The smallest absolute Gasteiger partial charge is 0.870 e. The fourth-order valence-electron chi connectivity index (χ4n) is 0.784. The molecule has 1 aromatic carbocycles. The Balaban J connectivity index is 0.000001000. The molecule has 0 saturated carbocycles. The number of hydrogen-bond acceptors (Lipinski definition) is 2. The average molecular weight is 160 g/mol. The van der Waals surface area contributed by atoms with E-state index in [-0.39, 0.29) is 35.3 Å². The second kappa shape index (κ2) is 4.65. The van der Waals surface area contributed by atoms with Crippen molar-refractivity contribution in [2.45, 2.75) is 6.92 Å². The quantitative estimate of drug-likeness (QED) is 0.449. The summed E-state index contributed by atoms with van der Waals surface area (Å²) in [7, 11) is 1.49. The van der Waals surface area contributed by atoms with Gasteiger partial charge in [0.05, 0.1) is 7.11 Å². The first-order chi connectivity index (χ1) is 4.74. The van der Waals surface area contributed by atoms with Gasteiger partial charge in [-0.1, -0.05) is 23.4 Å². The summed E-state index contributed by atoms with van der Waals surface area (Å²) < 4.78 is 4.79. The van der Waals surface area contributed by atoms with E-state index < -0.39 is 0 Å². The van der Waals surface area contributed by atoms with Gasteiger partial charge in [0, 0.05) is 0 Å². The van der Waals surface area contributed by atoms with Crippen LogP contribution in [0.15, 0.2) is 18.2 Å². The molecule has 0 bridgehead atoms. The second-order valence-electron chi connectivity index (χ2n) is 2.15. The van der Waals surface area contributed by atoms with Crippen LogP contribution in [-0.4, -0.2) is 7.11 Å². The normalized spacial score (nSPS) is 8.55. The summed E-state index contributed by atoms with van der Waals surface area (Å²) in [5.41, 5.74) is 0.964. The van der Waals surface area contributed by atoms with Crippen LogP contribution >= 0.6 is 0 Å². The molecular weight excluding hydrogens is 151 g/mol. The largest absolute Gasteiger partial charge is 1.00 e. The minimum absolute atomic E-state index is 0. The second-order valence-corrected chi connectivity index (χ2v) is 2.15. The predicted octanol–water partition coefficient (Wildman–Crippen LogP) is -1.92. The Morgan fingerprint density at radius 2 is 2.00 bits per heavy atom. The summed E-state index contributed by atoms with van der Waals surface area (Å²) in [5, 5.41) is 10.9. The van der Waals surface area contributed by atoms with E-state index in [0.29, 0.717) is 5.75 Å². The average Bonchev–Trinajstić information content (AvgIpc) is 1.88. The third-order valence-corrected chi connectivity index (χ3v) is 1.32. The Morgan fingerprint density at radius 3 is 2.45 bits per heavy atom. The van der Waals surface area contributed by atoms with Crippen molar-refractivity contribution in [2.75, 3.05) is 7.11 Å². The Labute approximate surface area is 88.5 Å². The van der Waals surface area contributed by atoms with E-state index in [2.05, 4.69) is 0 Å². The van der Waals surface area contributed by atoms with E-state index in [4.69, 9.17) is 4.74 Å². The minimum atomic E-state index is -0.0532. The summed E-state index contributed by atoms with van der Waals surface area (Å²) in [6.45, 7) is 1.88. The van der Waals surface area contributed by atoms with Crippen molar-refractivity contribution >= 4 is 0 Å². The third-order valence-electron chi connectivity index (χ3n) is 1.32. The molecule has 0 aliphatic heterocycles. The van der Waals surface area contributed by atoms with Gasteiger partial charge in [0.15, 0.2) is 0 Å². The van der Waals surface area contributed by atoms with Crippen LogP contribution in [-0.2, 0) is 0 Å². The molecule has 0 aliphatic rings. The van der Waals surface area contributed by atoms with E-state index in [0.717, 1.165) is 5.56 Å². The maximum atomic E-state index is 10.9. The van der Waals surface area contributed by atoms with Crippen LogP contribution in [0.25, 0.3) is 0 Å². The van der Waals surface area contributed by atoms with Crippen LogP contribution in [0.1, 0.15) is 5.56 Å². The first kappa shape index (κ1) is 10.8. The number of benzene rings is 1. The first-order valence-electron chi connectivity index (χ1n) is 3.05. The molecule has 2 nitrogen and oxygen atoms in total. The van der Waals surface area contributed by atoms with Crippen LogP contribution in [0.5, 0.6) is 11.5 Å². The molecule has 0 unspecified atom stereocenters. The van der Waals surface area contributed by atoms with Gasteiger partial charge in [0.1, 0.15) is 5.75 Å². The van der Waals surface area contributed by atoms with Gasteiger partial charge in [-0.2, -0.15) is 0 Å². The zero-order chi connectivity index (χ0) is 7.56. The standard InChI is InChI=1S/C8H10O2.Na/c1-6-3-4-8(10-2)7(9)5-6;/h3-5,9H,1-2H3;/q;+1/p-1. The molecular formula is C8H9NaO2. The van der Waals surface area contributed by atoms with Gasteiger partial charge in [0.25, 0.3) is 0 Å². The van der Waals surface area contributed by atoms with Crippen molar-refractivity contribution in [2.24, 2.45) is 0 Å². The van der Waals surface area contributed by atoms with Crippen molar-refractivity contribution in [1.29, 1.82) is 0 Å². The Hall–Kier alpha value is -0.180. The maximum absolute atomic E-state index is 10.9. The van der Waals surface area contributed by atoms with E-state index >= 15 is 0 Å². The minimum Gasteiger partial charge on any atom is -0.870 e. The molecule has 0 N–H and O–H groups in total. The molecule has 0 aromatic heterocycles. The Bertz CT molecular complexity index is 236. The molecule has 0 heterocycles. The van der Waals surface area contributed by atoms with Crippen LogP contribution in [0, 0.1) is 6.92 Å². The fraction of sp³-hybridized carbons (Fsp3) is 0.250. The molecule has 0 amide bonds. The maximum Gasteiger partial charge on any atom is 1.00 e. The van der Waals surface area contributed by atoms with E-state index in [1.807, 2.05) is 13.0 Å². The Morgan fingerprint density at radius 1 is 1.36 bits per heavy atom. The van der Waals surface area contributed by atoms with Crippen LogP contribution in [0.4, 0.5) is 0 Å². The molecule has 0 radical (unpaired) electrons. The van der Waals surface area contributed by atoms with Gasteiger partial charge in [-0.05, 0) is 13.0 Å². The van der Waals surface area contributed by atoms with Gasteiger partial charge in [-0.25, -0.2) is 0 Å². The molecule has 0 fully saturated rings. The summed E-state index contributed by atoms with van der Waals surface area (Å²) >= 11 is 0. The van der Waals surface area contributed by atoms with Crippen molar-refractivity contribution in [1.82, 2.24) is 0 Å². The molecule has 0 atom stereocenters. The molecule has 1 aromatic rings. The van der Waals surface area contributed by atoms with Gasteiger partial charge in [-0.15, -0.1) is 0 Å². The molecule has 11 heavy (non-hydrogen) atoms. The zero-order valence-electron chi connectivity index (χ0n) is 7.05. The monoisotopic (exact) mass is 160 g/mol. The molecule has 54 valence electrons. The molecule has 3 heteroatoms. The van der Waals surface area contributed by atoms with Gasteiger partial charge < -0.3 is 9.84 Å². The first-order valence-corrected chi connectivity index (χ1v) is 3.05. The van der Waals surface area contributed by atoms with Gasteiger partial charge >= 0.3 is 29.6 Å². The Kier molecular flexibility index (Phi) is 4.57. The SMILES string of the molecule is COc1ccc(C)cc1[O-].[Na+]. The predicted molar refractivity (Wildman–Crippen MR) is 37.2 cm³/mol.